The number of nitrogens with zero attached hydrogens (tertiary/aromatic N) is 2. The Hall–Kier alpha value is -1.66. The molecule has 1 saturated heterocycles. The van der Waals surface area contributed by atoms with Crippen molar-refractivity contribution in [1.82, 2.24) is 4.98 Å². The number of carbonyl (C=O) groups excluding carboxylic acids is 1. The number of anilines is 2. The molecular formula is C16H24N4O2. The summed E-state index contributed by atoms with van der Waals surface area (Å²) < 4.78 is 5.35. The highest BCUT2D eigenvalue weighted by atomic mass is 16.5. The molecule has 0 spiro atoms. The first-order chi connectivity index (χ1) is 10.8. The number of pyridine rings is 1. The third kappa shape index (κ3) is 3.39. The number of nitrogens with one attached hydrogen (secondary N) is 1. The first-order valence-corrected chi connectivity index (χ1v) is 8.07. The van der Waals surface area contributed by atoms with Crippen LogP contribution in [0, 0.1) is 11.8 Å². The molecule has 2 heterocycles. The molecular weight excluding hydrogens is 280 g/mol. The lowest BCUT2D eigenvalue weighted by molar-refractivity contribution is -0.120. The van der Waals surface area contributed by atoms with Crippen LogP contribution in [-0.2, 0) is 9.53 Å². The zero-order chi connectivity index (χ0) is 15.4. The average Bonchev–Trinajstić information content (AvgIpc) is 3.05. The Balaban J connectivity index is 1.59. The van der Waals surface area contributed by atoms with Crippen LogP contribution in [0.2, 0.25) is 0 Å². The van der Waals surface area contributed by atoms with Crippen molar-refractivity contribution in [3.63, 3.8) is 0 Å². The fraction of sp³-hybridized carbons (Fsp3) is 0.625. The zero-order valence-electron chi connectivity index (χ0n) is 12.8. The van der Waals surface area contributed by atoms with E-state index in [1.807, 2.05) is 18.3 Å². The van der Waals surface area contributed by atoms with Crippen molar-refractivity contribution >= 4 is 17.4 Å². The van der Waals surface area contributed by atoms with Gasteiger partial charge in [-0.1, -0.05) is 6.42 Å². The highest BCUT2D eigenvalue weighted by Crippen LogP contribution is 2.31. The van der Waals surface area contributed by atoms with Gasteiger partial charge in [-0.15, -0.1) is 0 Å². The molecule has 2 fully saturated rings. The van der Waals surface area contributed by atoms with Gasteiger partial charge in [0, 0.05) is 19.0 Å². The molecule has 3 rings (SSSR count). The standard InChI is InChI=1S/C16H24N4O2/c17-10-12-2-1-3-14(12)16(21)19-15-5-4-13(11-18-15)20-6-8-22-9-7-20/h4-5,11-12,14H,1-3,6-10,17H2,(H,18,19,21)/t12-,14-/m1/s1. The molecule has 2 aliphatic rings. The minimum Gasteiger partial charge on any atom is -0.378 e. The number of hydrogen-bond acceptors (Lipinski definition) is 5. The third-order valence-electron chi connectivity index (χ3n) is 4.67. The van der Waals surface area contributed by atoms with Gasteiger partial charge in [0.25, 0.3) is 0 Å². The van der Waals surface area contributed by atoms with Crippen LogP contribution in [0.25, 0.3) is 0 Å². The number of ether oxygens (including phenoxy) is 1. The van der Waals surface area contributed by atoms with Gasteiger partial charge in [0.15, 0.2) is 0 Å². The molecule has 22 heavy (non-hydrogen) atoms. The van der Waals surface area contributed by atoms with Gasteiger partial charge in [0.2, 0.25) is 5.91 Å². The summed E-state index contributed by atoms with van der Waals surface area (Å²) in [5.74, 6) is 1.02. The first-order valence-electron chi connectivity index (χ1n) is 8.07. The van der Waals surface area contributed by atoms with Gasteiger partial charge in [-0.25, -0.2) is 4.98 Å². The monoisotopic (exact) mass is 304 g/mol. The van der Waals surface area contributed by atoms with Gasteiger partial charge >= 0.3 is 0 Å². The number of hydrogen-bond donors (Lipinski definition) is 2. The Morgan fingerprint density at radius 3 is 2.86 bits per heavy atom. The van der Waals surface area contributed by atoms with Crippen LogP contribution in [0.5, 0.6) is 0 Å². The molecule has 120 valence electrons. The Morgan fingerprint density at radius 2 is 2.18 bits per heavy atom. The van der Waals surface area contributed by atoms with Crippen LogP contribution in [0.4, 0.5) is 11.5 Å². The van der Waals surface area contributed by atoms with Crippen LogP contribution in [0.1, 0.15) is 19.3 Å². The van der Waals surface area contributed by atoms with Crippen molar-refractivity contribution in [3.8, 4) is 0 Å². The molecule has 6 nitrogen and oxygen atoms in total. The van der Waals surface area contributed by atoms with Crippen LogP contribution in [0.15, 0.2) is 18.3 Å². The Kier molecular flexibility index (Phi) is 4.90. The molecule has 1 amide bonds. The van der Waals surface area contributed by atoms with Gasteiger partial charge in [-0.3, -0.25) is 4.79 Å². The summed E-state index contributed by atoms with van der Waals surface area (Å²) in [6.45, 7) is 3.85. The number of carbonyl (C=O) groups is 1. The highest BCUT2D eigenvalue weighted by molar-refractivity contribution is 5.92. The van der Waals surface area contributed by atoms with Gasteiger partial charge in [-0.2, -0.15) is 0 Å². The summed E-state index contributed by atoms with van der Waals surface area (Å²) in [7, 11) is 0. The fourth-order valence-corrected chi connectivity index (χ4v) is 3.35. The Morgan fingerprint density at radius 1 is 1.36 bits per heavy atom. The van der Waals surface area contributed by atoms with Gasteiger partial charge in [0.1, 0.15) is 5.82 Å². The number of aromatic nitrogens is 1. The van der Waals surface area contributed by atoms with Crippen LogP contribution < -0.4 is 16.0 Å². The SMILES string of the molecule is NC[C@H]1CCC[C@H]1C(=O)Nc1ccc(N2CCOCC2)cn1. The van der Waals surface area contributed by atoms with Crippen LogP contribution >= 0.6 is 0 Å². The second-order valence-corrected chi connectivity index (χ2v) is 6.02. The van der Waals surface area contributed by atoms with E-state index in [-0.39, 0.29) is 11.8 Å². The molecule has 1 aliphatic heterocycles. The minimum atomic E-state index is 0.0331. The topological polar surface area (TPSA) is 80.5 Å². The van der Waals surface area contributed by atoms with Gasteiger partial charge in [-0.05, 0) is 37.4 Å². The first kappa shape index (κ1) is 15.2. The van der Waals surface area contributed by atoms with E-state index in [2.05, 4.69) is 15.2 Å². The smallest absolute Gasteiger partial charge is 0.228 e. The lowest BCUT2D eigenvalue weighted by Gasteiger charge is -2.28. The maximum atomic E-state index is 12.3. The molecule has 1 aromatic rings. The minimum absolute atomic E-state index is 0.0331. The van der Waals surface area contributed by atoms with E-state index in [0.29, 0.717) is 18.3 Å². The highest BCUT2D eigenvalue weighted by Gasteiger charge is 2.32. The van der Waals surface area contributed by atoms with Crippen LogP contribution in [-0.4, -0.2) is 43.7 Å². The second kappa shape index (κ2) is 7.07. The van der Waals surface area contributed by atoms with E-state index in [1.54, 1.807) is 0 Å². The fourth-order valence-electron chi connectivity index (χ4n) is 3.35. The predicted molar refractivity (Wildman–Crippen MR) is 85.8 cm³/mol. The van der Waals surface area contributed by atoms with Crippen molar-refractivity contribution in [3.05, 3.63) is 18.3 Å². The quantitative estimate of drug-likeness (QED) is 0.874. The predicted octanol–water partition coefficient (Wildman–Crippen LogP) is 1.23. The van der Waals surface area contributed by atoms with E-state index in [9.17, 15) is 4.79 Å². The van der Waals surface area contributed by atoms with E-state index in [0.717, 1.165) is 51.3 Å². The number of amides is 1. The van der Waals surface area contributed by atoms with Gasteiger partial charge < -0.3 is 20.7 Å². The normalized spacial score (nSPS) is 25.2. The zero-order valence-corrected chi connectivity index (χ0v) is 12.8. The molecule has 3 N–H and O–H groups in total. The van der Waals surface area contributed by atoms with E-state index >= 15 is 0 Å². The second-order valence-electron chi connectivity index (χ2n) is 6.02. The molecule has 0 aromatic carbocycles. The summed E-state index contributed by atoms with van der Waals surface area (Å²) in [6, 6.07) is 3.87. The molecule has 1 saturated carbocycles. The number of nitrogens with two attached hydrogens (primary N) is 1. The van der Waals surface area contributed by atoms with E-state index in [4.69, 9.17) is 10.5 Å². The number of morpholine rings is 1. The molecule has 0 radical (unpaired) electrons. The third-order valence-corrected chi connectivity index (χ3v) is 4.67. The van der Waals surface area contributed by atoms with E-state index < -0.39 is 0 Å². The molecule has 0 bridgehead atoms. The van der Waals surface area contributed by atoms with Crippen LogP contribution in [0.3, 0.4) is 0 Å². The largest absolute Gasteiger partial charge is 0.378 e. The van der Waals surface area contributed by atoms with Crippen molar-refractivity contribution in [2.24, 2.45) is 17.6 Å². The van der Waals surface area contributed by atoms with Crippen molar-refractivity contribution < 1.29 is 9.53 Å². The van der Waals surface area contributed by atoms with Gasteiger partial charge in [0.05, 0.1) is 25.1 Å². The summed E-state index contributed by atoms with van der Waals surface area (Å²) >= 11 is 0. The average molecular weight is 304 g/mol. The molecule has 0 unspecified atom stereocenters. The molecule has 2 atom stereocenters. The number of rotatable bonds is 4. The van der Waals surface area contributed by atoms with Crippen molar-refractivity contribution in [1.29, 1.82) is 0 Å². The summed E-state index contributed by atoms with van der Waals surface area (Å²) in [5.41, 5.74) is 6.82. The Bertz CT molecular complexity index is 499. The maximum Gasteiger partial charge on any atom is 0.228 e. The summed E-state index contributed by atoms with van der Waals surface area (Å²) in [5, 5.41) is 2.93. The molecule has 6 heteroatoms. The lowest BCUT2D eigenvalue weighted by atomic mass is 9.95. The Labute approximate surface area is 131 Å². The summed E-state index contributed by atoms with van der Waals surface area (Å²) in [4.78, 5) is 18.9. The van der Waals surface area contributed by atoms with E-state index in [1.165, 1.54) is 0 Å². The van der Waals surface area contributed by atoms with Crippen molar-refractivity contribution in [2.75, 3.05) is 43.1 Å². The molecule has 1 aromatic heterocycles. The molecule has 1 aliphatic carbocycles. The van der Waals surface area contributed by atoms with Crippen molar-refractivity contribution in [2.45, 2.75) is 19.3 Å². The maximum absolute atomic E-state index is 12.3. The summed E-state index contributed by atoms with van der Waals surface area (Å²) in [6.07, 6.45) is 4.89. The lowest BCUT2D eigenvalue weighted by Crippen LogP contribution is -2.36.